The molecule has 3 nitrogen and oxygen atoms in total. The Kier molecular flexibility index (Phi) is 3.35. The fourth-order valence-corrected chi connectivity index (χ4v) is 1.91. The minimum atomic E-state index is -2.31. The molecule has 0 heterocycles. The van der Waals surface area contributed by atoms with E-state index in [1.165, 1.54) is 17.0 Å². The van der Waals surface area contributed by atoms with E-state index in [-0.39, 0.29) is 18.8 Å². The van der Waals surface area contributed by atoms with Gasteiger partial charge in [0.15, 0.2) is 0 Å². The van der Waals surface area contributed by atoms with E-state index in [1.807, 2.05) is 30.3 Å². The van der Waals surface area contributed by atoms with Crippen LogP contribution in [0.4, 0.5) is 0 Å². The van der Waals surface area contributed by atoms with Gasteiger partial charge in [-0.25, -0.2) is 0 Å². The molecule has 2 aromatic carbocycles. The summed E-state index contributed by atoms with van der Waals surface area (Å²) in [5, 5.41) is 19.7. The van der Waals surface area contributed by atoms with Crippen molar-refractivity contribution in [1.29, 1.82) is 0 Å². The maximum atomic E-state index is 10.3. The lowest BCUT2D eigenvalue weighted by molar-refractivity contribution is 0.123. The van der Waals surface area contributed by atoms with E-state index in [0.717, 1.165) is 5.56 Å². The van der Waals surface area contributed by atoms with Crippen molar-refractivity contribution < 1.29 is 14.3 Å². The topological polar surface area (TPSA) is 43.7 Å². The number of rotatable bonds is 5. The molecule has 0 fully saturated rings. The molecular weight excluding hydrogens is 238 g/mol. The molecule has 0 aliphatic heterocycles. The van der Waals surface area contributed by atoms with Gasteiger partial charge < -0.3 is 10.2 Å². The monoisotopic (exact) mass is 260 g/mol. The van der Waals surface area contributed by atoms with Crippen LogP contribution >= 0.6 is 0 Å². The van der Waals surface area contributed by atoms with Crippen LogP contribution in [0.1, 0.15) is 21.3 Å². The summed E-state index contributed by atoms with van der Waals surface area (Å²) >= 11 is 0. The van der Waals surface area contributed by atoms with Gasteiger partial charge in [-0.2, -0.15) is 0 Å². The number of benzene rings is 2. The van der Waals surface area contributed by atoms with Crippen LogP contribution in [0.2, 0.25) is 0 Å². The molecule has 1 unspecified atom stereocenters. The van der Waals surface area contributed by atoms with Crippen molar-refractivity contribution in [3.8, 4) is 5.75 Å². The van der Waals surface area contributed by atoms with Crippen LogP contribution in [-0.2, 0) is 6.54 Å². The average Bonchev–Trinajstić information content (AvgIpc) is 2.46. The summed E-state index contributed by atoms with van der Waals surface area (Å²) in [6.45, 7) is -2.14. The lowest BCUT2D eigenvalue weighted by Crippen LogP contribution is -2.24. The molecular formula is C16H19NO2. The van der Waals surface area contributed by atoms with Gasteiger partial charge in [0, 0.05) is 17.2 Å². The minimum Gasteiger partial charge on any atom is -0.508 e. The smallest absolute Gasteiger partial charge is 0.115 e. The van der Waals surface area contributed by atoms with E-state index < -0.39 is 13.1 Å². The maximum Gasteiger partial charge on any atom is 0.115 e. The third kappa shape index (κ3) is 4.09. The van der Waals surface area contributed by atoms with Crippen LogP contribution in [-0.4, -0.2) is 28.6 Å². The molecule has 0 bridgehead atoms. The molecule has 0 saturated heterocycles. The van der Waals surface area contributed by atoms with E-state index in [4.69, 9.17) is 4.11 Å². The second-order valence-electron chi connectivity index (χ2n) is 4.48. The average molecular weight is 260 g/mol. The largest absolute Gasteiger partial charge is 0.508 e. The molecule has 19 heavy (non-hydrogen) atoms. The van der Waals surface area contributed by atoms with Crippen molar-refractivity contribution in [3.63, 3.8) is 0 Å². The Labute approximate surface area is 118 Å². The van der Waals surface area contributed by atoms with Crippen molar-refractivity contribution in [3.05, 3.63) is 65.7 Å². The normalized spacial score (nSPS) is 15.6. The predicted molar refractivity (Wildman–Crippen MR) is 75.8 cm³/mol. The maximum absolute atomic E-state index is 10.3. The lowest BCUT2D eigenvalue weighted by atomic mass is 10.1. The van der Waals surface area contributed by atoms with Crippen LogP contribution in [0.3, 0.4) is 0 Å². The Morgan fingerprint density at radius 2 is 1.95 bits per heavy atom. The highest BCUT2D eigenvalue weighted by atomic mass is 16.3. The fraction of sp³-hybridized carbons (Fsp3) is 0.250. The first-order valence-corrected chi connectivity index (χ1v) is 6.12. The zero-order valence-corrected chi connectivity index (χ0v) is 10.5. The summed E-state index contributed by atoms with van der Waals surface area (Å²) in [4.78, 5) is 1.25. The molecule has 1 atom stereocenters. The molecule has 0 amide bonds. The van der Waals surface area contributed by atoms with E-state index >= 15 is 0 Å². The van der Waals surface area contributed by atoms with Crippen LogP contribution in [0.15, 0.2) is 54.6 Å². The molecule has 0 aromatic heterocycles. The van der Waals surface area contributed by atoms with Crippen molar-refractivity contribution in [1.82, 2.24) is 4.90 Å². The Hall–Kier alpha value is -1.84. The van der Waals surface area contributed by atoms with Crippen LogP contribution < -0.4 is 0 Å². The van der Waals surface area contributed by atoms with Crippen molar-refractivity contribution in [2.75, 3.05) is 13.5 Å². The Morgan fingerprint density at radius 1 is 1.16 bits per heavy atom. The van der Waals surface area contributed by atoms with Crippen molar-refractivity contribution in [2.45, 2.75) is 12.6 Å². The van der Waals surface area contributed by atoms with E-state index in [0.29, 0.717) is 5.56 Å². The number of aromatic hydroxyl groups is 1. The predicted octanol–water partition coefficient (Wildman–Crippen LogP) is 2.56. The molecule has 100 valence electrons. The van der Waals surface area contributed by atoms with Gasteiger partial charge in [-0.1, -0.05) is 42.5 Å². The van der Waals surface area contributed by atoms with Gasteiger partial charge in [0.1, 0.15) is 5.75 Å². The van der Waals surface area contributed by atoms with Gasteiger partial charge >= 0.3 is 0 Å². The zero-order chi connectivity index (χ0) is 16.2. The van der Waals surface area contributed by atoms with Crippen molar-refractivity contribution in [2.24, 2.45) is 0 Å². The van der Waals surface area contributed by atoms with Crippen molar-refractivity contribution >= 4 is 0 Å². The standard InChI is InChI=1S/C16H19NO2/c1-17(11-13-6-3-2-4-7-13)12-16(19)14-8-5-9-15(18)10-14/h2-10,16,18-19H,11-12H2,1H3/i1D3. The number of aliphatic hydroxyl groups excluding tert-OH is 1. The molecule has 2 rings (SSSR count). The molecule has 0 aliphatic carbocycles. The summed E-state index contributed by atoms with van der Waals surface area (Å²) in [7, 11) is 0. The van der Waals surface area contributed by atoms with Gasteiger partial charge in [-0.15, -0.1) is 0 Å². The molecule has 3 heteroatoms. The Bertz CT molecular complexity index is 602. The van der Waals surface area contributed by atoms with Crippen LogP contribution in [0.5, 0.6) is 5.75 Å². The summed E-state index contributed by atoms with van der Waals surface area (Å²) in [6.07, 6.45) is -0.990. The highest BCUT2D eigenvalue weighted by Gasteiger charge is 2.11. The third-order valence-corrected chi connectivity index (χ3v) is 2.86. The summed E-state index contributed by atoms with van der Waals surface area (Å²) in [5.74, 6) is 0.0417. The van der Waals surface area contributed by atoms with Gasteiger partial charge in [0.2, 0.25) is 0 Å². The van der Waals surface area contributed by atoms with Gasteiger partial charge in [0.05, 0.1) is 6.10 Å². The Balaban J connectivity index is 2.13. The van der Waals surface area contributed by atoms with Crippen LogP contribution in [0.25, 0.3) is 0 Å². The second-order valence-corrected chi connectivity index (χ2v) is 4.48. The lowest BCUT2D eigenvalue weighted by Gasteiger charge is -2.21. The highest BCUT2D eigenvalue weighted by molar-refractivity contribution is 5.28. The molecule has 0 spiro atoms. The molecule has 0 radical (unpaired) electrons. The number of phenolic OH excluding ortho intramolecular Hbond substituents is 1. The number of likely N-dealkylation sites (N-methyl/N-ethyl adjacent to an activating group) is 1. The minimum absolute atomic E-state index is 0.0417. The first-order chi connectivity index (χ1) is 10.4. The number of aliphatic hydroxyl groups is 1. The highest BCUT2D eigenvalue weighted by Crippen LogP contribution is 2.19. The van der Waals surface area contributed by atoms with Gasteiger partial charge in [-0.3, -0.25) is 4.90 Å². The fourth-order valence-electron chi connectivity index (χ4n) is 1.91. The zero-order valence-electron chi connectivity index (χ0n) is 13.5. The van der Waals surface area contributed by atoms with E-state index in [1.54, 1.807) is 12.1 Å². The molecule has 0 aliphatic rings. The number of phenols is 1. The first-order valence-electron chi connectivity index (χ1n) is 7.62. The van der Waals surface area contributed by atoms with E-state index in [2.05, 4.69) is 0 Å². The second kappa shape index (κ2) is 6.36. The number of hydrogen-bond donors (Lipinski definition) is 2. The SMILES string of the molecule is [2H]C([2H])([2H])N(Cc1ccccc1)CC(O)c1cccc(O)c1. The van der Waals surface area contributed by atoms with Crippen LogP contribution in [0, 0.1) is 0 Å². The molecule has 2 aromatic rings. The number of nitrogens with zero attached hydrogens (tertiary/aromatic N) is 1. The number of hydrogen-bond acceptors (Lipinski definition) is 3. The summed E-state index contributed by atoms with van der Waals surface area (Å²) < 4.78 is 22.9. The van der Waals surface area contributed by atoms with Gasteiger partial charge in [0.25, 0.3) is 0 Å². The summed E-state index contributed by atoms with van der Waals surface area (Å²) in [5.41, 5.74) is 1.35. The molecule has 0 saturated carbocycles. The Morgan fingerprint density at radius 3 is 2.63 bits per heavy atom. The first kappa shape index (κ1) is 10.0. The van der Waals surface area contributed by atoms with E-state index in [9.17, 15) is 10.2 Å². The van der Waals surface area contributed by atoms with Gasteiger partial charge in [-0.05, 0) is 30.2 Å². The quantitative estimate of drug-likeness (QED) is 0.868. The third-order valence-electron chi connectivity index (χ3n) is 2.86. The summed E-state index contributed by atoms with van der Waals surface area (Å²) in [6, 6.07) is 15.5. The molecule has 2 N–H and O–H groups in total.